The molecular weight excluding hydrogens is 336 g/mol. The second kappa shape index (κ2) is 7.39. The number of rotatable bonds is 3. The Morgan fingerprint density at radius 3 is 2.56 bits per heavy atom. The standard InChI is InChI=1S/C18H24N4O2S/c1-18(2,3)24-17(23)19-14-9-11-22(12-10-14)16-20-15(21-25-16)13-7-5-4-6-8-13/h4-8,14H,9-12H2,1-3H3,(H,19,23). The maximum Gasteiger partial charge on any atom is 0.407 e. The third-order valence-corrected chi connectivity index (χ3v) is 4.71. The highest BCUT2D eigenvalue weighted by Crippen LogP contribution is 2.26. The summed E-state index contributed by atoms with van der Waals surface area (Å²) in [5, 5.41) is 3.90. The number of anilines is 1. The first-order valence-corrected chi connectivity index (χ1v) is 9.32. The molecule has 134 valence electrons. The average molecular weight is 360 g/mol. The minimum atomic E-state index is -0.467. The Balaban J connectivity index is 1.53. The van der Waals surface area contributed by atoms with E-state index in [-0.39, 0.29) is 12.1 Å². The Morgan fingerprint density at radius 2 is 1.92 bits per heavy atom. The molecule has 7 heteroatoms. The molecule has 0 unspecified atom stereocenters. The maximum absolute atomic E-state index is 11.9. The van der Waals surface area contributed by atoms with Gasteiger partial charge in [-0.2, -0.15) is 9.36 Å². The van der Waals surface area contributed by atoms with Crippen LogP contribution in [-0.2, 0) is 4.74 Å². The van der Waals surface area contributed by atoms with Gasteiger partial charge < -0.3 is 15.0 Å². The molecule has 2 aromatic rings. The summed E-state index contributed by atoms with van der Waals surface area (Å²) in [6.45, 7) is 7.31. The van der Waals surface area contributed by atoms with Gasteiger partial charge in [0.2, 0.25) is 5.13 Å². The average Bonchev–Trinajstić information content (AvgIpc) is 3.04. The lowest BCUT2D eigenvalue weighted by Crippen LogP contribution is -2.46. The molecule has 2 heterocycles. The summed E-state index contributed by atoms with van der Waals surface area (Å²) in [6.07, 6.45) is 1.41. The number of alkyl carbamates (subject to hydrolysis) is 1. The summed E-state index contributed by atoms with van der Waals surface area (Å²) in [6, 6.07) is 10.1. The van der Waals surface area contributed by atoms with Crippen LogP contribution in [-0.4, -0.2) is 40.2 Å². The number of amides is 1. The van der Waals surface area contributed by atoms with E-state index in [1.807, 2.05) is 51.1 Å². The van der Waals surface area contributed by atoms with Crippen molar-refractivity contribution >= 4 is 22.8 Å². The molecule has 1 aromatic carbocycles. The summed E-state index contributed by atoms with van der Waals surface area (Å²) in [5.74, 6) is 0.773. The molecule has 0 spiro atoms. The third-order valence-electron chi connectivity index (χ3n) is 3.93. The summed E-state index contributed by atoms with van der Waals surface area (Å²) in [5.41, 5.74) is 0.567. The molecule has 6 nitrogen and oxygen atoms in total. The van der Waals surface area contributed by atoms with Crippen LogP contribution in [0.5, 0.6) is 0 Å². The van der Waals surface area contributed by atoms with E-state index in [2.05, 4.69) is 19.6 Å². The Kier molecular flexibility index (Phi) is 5.22. The van der Waals surface area contributed by atoms with E-state index in [1.165, 1.54) is 11.5 Å². The molecule has 1 aromatic heterocycles. The highest BCUT2D eigenvalue weighted by molar-refractivity contribution is 7.09. The summed E-state index contributed by atoms with van der Waals surface area (Å²) in [7, 11) is 0. The number of hydrogen-bond acceptors (Lipinski definition) is 6. The largest absolute Gasteiger partial charge is 0.444 e. The van der Waals surface area contributed by atoms with Crippen molar-refractivity contribution < 1.29 is 9.53 Å². The zero-order valence-electron chi connectivity index (χ0n) is 14.9. The van der Waals surface area contributed by atoms with Gasteiger partial charge >= 0.3 is 6.09 Å². The predicted octanol–water partition coefficient (Wildman–Crippen LogP) is 3.70. The Bertz CT molecular complexity index is 703. The number of carbonyl (C=O) groups excluding carboxylic acids is 1. The van der Waals surface area contributed by atoms with Gasteiger partial charge in [0.25, 0.3) is 0 Å². The zero-order chi connectivity index (χ0) is 17.9. The van der Waals surface area contributed by atoms with E-state index in [0.29, 0.717) is 0 Å². The molecule has 0 bridgehead atoms. The van der Waals surface area contributed by atoms with Gasteiger partial charge in [0.05, 0.1) is 0 Å². The van der Waals surface area contributed by atoms with Crippen molar-refractivity contribution in [1.29, 1.82) is 0 Å². The Morgan fingerprint density at radius 1 is 1.24 bits per heavy atom. The fourth-order valence-corrected chi connectivity index (χ4v) is 3.48. The third kappa shape index (κ3) is 4.92. The Hall–Kier alpha value is -2.15. The van der Waals surface area contributed by atoms with Gasteiger partial charge in [0.15, 0.2) is 5.82 Å². The minimum absolute atomic E-state index is 0.146. The highest BCUT2D eigenvalue weighted by atomic mass is 32.1. The number of carbonyl (C=O) groups is 1. The first-order chi connectivity index (χ1) is 11.9. The predicted molar refractivity (Wildman–Crippen MR) is 99.9 cm³/mol. The van der Waals surface area contributed by atoms with Crippen molar-refractivity contribution in [2.45, 2.75) is 45.3 Å². The second-order valence-corrected chi connectivity index (χ2v) is 7.90. The molecule has 25 heavy (non-hydrogen) atoms. The van der Waals surface area contributed by atoms with Crippen molar-refractivity contribution in [3.8, 4) is 11.4 Å². The molecule has 1 N–H and O–H groups in total. The smallest absolute Gasteiger partial charge is 0.407 e. The number of piperidine rings is 1. The fourth-order valence-electron chi connectivity index (χ4n) is 2.74. The highest BCUT2D eigenvalue weighted by Gasteiger charge is 2.25. The molecule has 0 saturated carbocycles. The van der Waals surface area contributed by atoms with Crippen LogP contribution in [0, 0.1) is 0 Å². The quantitative estimate of drug-likeness (QED) is 0.904. The molecule has 0 aliphatic carbocycles. The van der Waals surface area contributed by atoms with Crippen LogP contribution >= 0.6 is 11.5 Å². The summed E-state index contributed by atoms with van der Waals surface area (Å²) < 4.78 is 9.79. The lowest BCUT2D eigenvalue weighted by molar-refractivity contribution is 0.0497. The number of nitrogens with one attached hydrogen (secondary N) is 1. The molecule has 1 amide bonds. The van der Waals surface area contributed by atoms with Crippen molar-refractivity contribution in [3.63, 3.8) is 0 Å². The van der Waals surface area contributed by atoms with Crippen LogP contribution in [0.1, 0.15) is 33.6 Å². The van der Waals surface area contributed by atoms with Crippen molar-refractivity contribution in [2.75, 3.05) is 18.0 Å². The van der Waals surface area contributed by atoms with Gasteiger partial charge in [-0.25, -0.2) is 4.79 Å². The number of nitrogens with zero attached hydrogens (tertiary/aromatic N) is 3. The molecule has 1 saturated heterocycles. The number of hydrogen-bond donors (Lipinski definition) is 1. The number of ether oxygens (including phenoxy) is 1. The van der Waals surface area contributed by atoms with Gasteiger partial charge in [0, 0.05) is 36.2 Å². The minimum Gasteiger partial charge on any atom is -0.444 e. The van der Waals surface area contributed by atoms with Gasteiger partial charge in [-0.3, -0.25) is 0 Å². The van der Waals surface area contributed by atoms with Crippen LogP contribution < -0.4 is 10.2 Å². The second-order valence-electron chi connectivity index (χ2n) is 7.17. The van der Waals surface area contributed by atoms with Crippen molar-refractivity contribution in [1.82, 2.24) is 14.7 Å². The van der Waals surface area contributed by atoms with E-state index >= 15 is 0 Å². The van der Waals surface area contributed by atoms with E-state index in [4.69, 9.17) is 4.74 Å². The molecular formula is C18H24N4O2S. The topological polar surface area (TPSA) is 67.3 Å². The normalized spacial score (nSPS) is 15.9. The van der Waals surface area contributed by atoms with E-state index in [9.17, 15) is 4.79 Å². The number of benzene rings is 1. The SMILES string of the molecule is CC(C)(C)OC(=O)NC1CCN(c2nc(-c3ccccc3)ns2)CC1. The molecule has 1 aliphatic rings. The van der Waals surface area contributed by atoms with Gasteiger partial charge in [0.1, 0.15) is 5.60 Å². The van der Waals surface area contributed by atoms with Crippen molar-refractivity contribution in [2.24, 2.45) is 0 Å². The van der Waals surface area contributed by atoms with Crippen LogP contribution in [0.15, 0.2) is 30.3 Å². The molecule has 1 fully saturated rings. The van der Waals surface area contributed by atoms with Crippen LogP contribution in [0.3, 0.4) is 0 Å². The molecule has 0 atom stereocenters. The Labute approximate surface area is 152 Å². The first-order valence-electron chi connectivity index (χ1n) is 8.54. The van der Waals surface area contributed by atoms with Gasteiger partial charge in [-0.05, 0) is 33.6 Å². The van der Waals surface area contributed by atoms with Gasteiger partial charge in [-0.15, -0.1) is 0 Å². The summed E-state index contributed by atoms with van der Waals surface area (Å²) >= 11 is 1.43. The molecule has 0 radical (unpaired) electrons. The zero-order valence-corrected chi connectivity index (χ0v) is 15.7. The molecule has 1 aliphatic heterocycles. The molecule has 3 rings (SSSR count). The lowest BCUT2D eigenvalue weighted by atomic mass is 10.1. The van der Waals surface area contributed by atoms with Gasteiger partial charge in [-0.1, -0.05) is 30.3 Å². The summed E-state index contributed by atoms with van der Waals surface area (Å²) in [4.78, 5) is 18.8. The monoisotopic (exact) mass is 360 g/mol. The van der Waals surface area contributed by atoms with Crippen LogP contribution in [0.4, 0.5) is 9.93 Å². The van der Waals surface area contributed by atoms with Crippen LogP contribution in [0.25, 0.3) is 11.4 Å². The van der Waals surface area contributed by atoms with E-state index in [1.54, 1.807) is 0 Å². The first kappa shape index (κ1) is 17.7. The van der Waals surface area contributed by atoms with Crippen LogP contribution in [0.2, 0.25) is 0 Å². The number of aromatic nitrogens is 2. The van der Waals surface area contributed by atoms with E-state index < -0.39 is 5.60 Å². The van der Waals surface area contributed by atoms with Crippen molar-refractivity contribution in [3.05, 3.63) is 30.3 Å². The van der Waals surface area contributed by atoms with E-state index in [0.717, 1.165) is 42.5 Å². The lowest BCUT2D eigenvalue weighted by Gasteiger charge is -2.32. The maximum atomic E-state index is 11.9. The fraction of sp³-hybridized carbons (Fsp3) is 0.500.